The van der Waals surface area contributed by atoms with E-state index in [4.69, 9.17) is 4.74 Å². The second-order valence-electron chi connectivity index (χ2n) is 4.57. The van der Waals surface area contributed by atoms with Crippen LogP contribution in [0.15, 0.2) is 18.3 Å². The van der Waals surface area contributed by atoms with E-state index in [2.05, 4.69) is 14.9 Å². The highest BCUT2D eigenvalue weighted by Gasteiger charge is 2.09. The average molecular weight is 293 g/mol. The lowest BCUT2D eigenvalue weighted by atomic mass is 10.4. The van der Waals surface area contributed by atoms with Crippen molar-refractivity contribution < 1.29 is 9.53 Å². The number of rotatable bonds is 6. The van der Waals surface area contributed by atoms with Crippen molar-refractivity contribution in [3.05, 3.63) is 39.6 Å². The summed E-state index contributed by atoms with van der Waals surface area (Å²) >= 11 is 1.51. The first-order valence-corrected chi connectivity index (χ1v) is 7.28. The maximum atomic E-state index is 11.9. The van der Waals surface area contributed by atoms with Crippen LogP contribution in [0, 0.1) is 13.8 Å². The molecule has 6 heteroatoms. The quantitative estimate of drug-likeness (QED) is 0.887. The highest BCUT2D eigenvalue weighted by Crippen LogP contribution is 2.14. The van der Waals surface area contributed by atoms with Crippen LogP contribution < -0.4 is 5.32 Å². The van der Waals surface area contributed by atoms with Crippen LogP contribution in [0.25, 0.3) is 0 Å². The van der Waals surface area contributed by atoms with Crippen LogP contribution in [-0.4, -0.2) is 29.1 Å². The third kappa shape index (κ3) is 3.46. The first-order valence-electron chi connectivity index (χ1n) is 6.46. The number of nitrogens with zero attached hydrogens (tertiary/aromatic N) is 2. The van der Waals surface area contributed by atoms with E-state index < -0.39 is 0 Å². The predicted octanol–water partition coefficient (Wildman–Crippen LogP) is 2.14. The van der Waals surface area contributed by atoms with Crippen molar-refractivity contribution in [1.29, 1.82) is 0 Å². The van der Waals surface area contributed by atoms with Crippen LogP contribution in [0.2, 0.25) is 0 Å². The lowest BCUT2D eigenvalue weighted by molar-refractivity contribution is 0.0956. The van der Waals surface area contributed by atoms with E-state index in [1.54, 1.807) is 7.11 Å². The van der Waals surface area contributed by atoms with Crippen molar-refractivity contribution in [3.8, 4) is 0 Å². The Morgan fingerprint density at radius 3 is 2.90 bits per heavy atom. The predicted molar refractivity (Wildman–Crippen MR) is 79.1 cm³/mol. The summed E-state index contributed by atoms with van der Waals surface area (Å²) in [5.41, 5.74) is 1.07. The maximum absolute atomic E-state index is 11.9. The van der Waals surface area contributed by atoms with Crippen LogP contribution in [-0.2, 0) is 17.9 Å². The minimum absolute atomic E-state index is 0.0193. The Labute approximate surface area is 122 Å². The molecule has 0 radical (unpaired) electrons. The zero-order valence-electron chi connectivity index (χ0n) is 12.0. The van der Waals surface area contributed by atoms with Gasteiger partial charge in [-0.15, -0.1) is 11.3 Å². The summed E-state index contributed by atoms with van der Waals surface area (Å²) in [6.07, 6.45) is 1.82. The Morgan fingerprint density at radius 1 is 1.45 bits per heavy atom. The molecule has 2 heterocycles. The first-order chi connectivity index (χ1) is 9.61. The Balaban J connectivity index is 1.90. The lowest BCUT2D eigenvalue weighted by Crippen LogP contribution is -2.27. The average Bonchev–Trinajstić information content (AvgIpc) is 2.99. The molecule has 2 rings (SSSR count). The van der Waals surface area contributed by atoms with Crippen molar-refractivity contribution in [3.63, 3.8) is 0 Å². The van der Waals surface area contributed by atoms with Gasteiger partial charge in [0.2, 0.25) is 0 Å². The number of aromatic nitrogens is 2. The van der Waals surface area contributed by atoms with Gasteiger partial charge < -0.3 is 14.6 Å². The molecule has 0 aliphatic heterocycles. The number of nitrogens with one attached hydrogen (secondary N) is 1. The molecule has 0 saturated heterocycles. The van der Waals surface area contributed by atoms with E-state index in [1.807, 2.05) is 32.2 Å². The summed E-state index contributed by atoms with van der Waals surface area (Å²) in [5.74, 6) is 0.861. The first kappa shape index (κ1) is 14.7. The summed E-state index contributed by atoms with van der Waals surface area (Å²) in [5, 5.41) is 2.93. The van der Waals surface area contributed by atoms with Crippen molar-refractivity contribution >= 4 is 17.2 Å². The van der Waals surface area contributed by atoms with Gasteiger partial charge in [0.05, 0.1) is 4.88 Å². The molecule has 0 aliphatic rings. The molecule has 0 aliphatic carbocycles. The summed E-state index contributed by atoms with van der Waals surface area (Å²) in [4.78, 5) is 18.1. The number of amides is 1. The Bertz CT molecular complexity index is 589. The smallest absolute Gasteiger partial charge is 0.261 e. The summed E-state index contributed by atoms with van der Waals surface area (Å²) < 4.78 is 7.17. The highest BCUT2D eigenvalue weighted by molar-refractivity contribution is 7.13. The Hall–Kier alpha value is -1.66. The van der Waals surface area contributed by atoms with E-state index in [0.717, 1.165) is 21.3 Å². The molecule has 2 aromatic rings. The molecule has 0 fully saturated rings. The van der Waals surface area contributed by atoms with Gasteiger partial charge in [-0.1, -0.05) is 0 Å². The largest absolute Gasteiger partial charge is 0.377 e. The van der Waals surface area contributed by atoms with Crippen molar-refractivity contribution in [2.24, 2.45) is 0 Å². The fourth-order valence-corrected chi connectivity index (χ4v) is 2.77. The van der Waals surface area contributed by atoms with E-state index in [1.165, 1.54) is 11.3 Å². The molecule has 5 nitrogen and oxygen atoms in total. The van der Waals surface area contributed by atoms with E-state index in [0.29, 0.717) is 19.7 Å². The number of thiophene rings is 1. The third-order valence-electron chi connectivity index (χ3n) is 3.00. The molecule has 1 N–H and O–H groups in total. The number of carbonyl (C=O) groups excluding carboxylic acids is 1. The number of imidazole rings is 1. The minimum Gasteiger partial charge on any atom is -0.377 e. The van der Waals surface area contributed by atoms with Gasteiger partial charge in [0, 0.05) is 37.0 Å². The van der Waals surface area contributed by atoms with Gasteiger partial charge in [-0.25, -0.2) is 4.98 Å². The second-order valence-corrected chi connectivity index (χ2v) is 5.85. The van der Waals surface area contributed by atoms with Gasteiger partial charge in [0.15, 0.2) is 0 Å². The Kier molecular flexibility index (Phi) is 4.92. The maximum Gasteiger partial charge on any atom is 0.261 e. The molecule has 0 spiro atoms. The van der Waals surface area contributed by atoms with Crippen molar-refractivity contribution in [2.75, 3.05) is 13.7 Å². The standard InChI is InChI=1S/C14H19N3O2S/c1-10-8-16-13(9-19-3)17(10)7-6-15-14(18)12-5-4-11(2)20-12/h4-5,8H,6-7,9H2,1-3H3,(H,15,18). The van der Waals surface area contributed by atoms with Crippen LogP contribution in [0.1, 0.15) is 26.1 Å². The molecule has 108 valence electrons. The molecule has 0 unspecified atom stereocenters. The van der Waals surface area contributed by atoms with Gasteiger partial charge >= 0.3 is 0 Å². The second kappa shape index (κ2) is 6.67. The zero-order valence-corrected chi connectivity index (χ0v) is 12.8. The molecule has 0 saturated carbocycles. The monoisotopic (exact) mass is 293 g/mol. The number of methoxy groups -OCH3 is 1. The number of hydrogen-bond donors (Lipinski definition) is 1. The molecule has 2 aromatic heterocycles. The van der Waals surface area contributed by atoms with Gasteiger partial charge in [0.25, 0.3) is 5.91 Å². The van der Waals surface area contributed by atoms with Crippen molar-refractivity contribution in [2.45, 2.75) is 27.0 Å². The fraction of sp³-hybridized carbons (Fsp3) is 0.429. The van der Waals surface area contributed by atoms with Gasteiger partial charge in [-0.3, -0.25) is 4.79 Å². The minimum atomic E-state index is -0.0193. The highest BCUT2D eigenvalue weighted by atomic mass is 32.1. The molecular formula is C14H19N3O2S. The SMILES string of the molecule is COCc1ncc(C)n1CCNC(=O)c1ccc(C)s1. The number of aryl methyl sites for hydroxylation is 2. The summed E-state index contributed by atoms with van der Waals surface area (Å²) in [7, 11) is 1.65. The number of ether oxygens (including phenoxy) is 1. The van der Waals surface area contributed by atoms with Crippen LogP contribution in [0.5, 0.6) is 0 Å². The van der Waals surface area contributed by atoms with Crippen LogP contribution in [0.4, 0.5) is 0 Å². The van der Waals surface area contributed by atoms with E-state index in [9.17, 15) is 4.79 Å². The normalized spacial score (nSPS) is 10.8. The molecule has 0 atom stereocenters. The van der Waals surface area contributed by atoms with Crippen LogP contribution >= 0.6 is 11.3 Å². The number of hydrogen-bond acceptors (Lipinski definition) is 4. The van der Waals surface area contributed by atoms with Gasteiger partial charge in [0.1, 0.15) is 12.4 Å². The Morgan fingerprint density at radius 2 is 2.25 bits per heavy atom. The number of carbonyl (C=O) groups is 1. The van der Waals surface area contributed by atoms with Gasteiger partial charge in [-0.2, -0.15) is 0 Å². The van der Waals surface area contributed by atoms with Gasteiger partial charge in [-0.05, 0) is 26.0 Å². The molecule has 0 bridgehead atoms. The summed E-state index contributed by atoms with van der Waals surface area (Å²) in [6, 6.07) is 3.81. The third-order valence-corrected chi connectivity index (χ3v) is 4.00. The zero-order chi connectivity index (χ0) is 14.5. The molecule has 0 aromatic carbocycles. The van der Waals surface area contributed by atoms with Crippen LogP contribution in [0.3, 0.4) is 0 Å². The van der Waals surface area contributed by atoms with Crippen molar-refractivity contribution in [1.82, 2.24) is 14.9 Å². The summed E-state index contributed by atoms with van der Waals surface area (Å²) in [6.45, 7) is 5.74. The fourth-order valence-electron chi connectivity index (χ4n) is 1.99. The topological polar surface area (TPSA) is 56.1 Å². The lowest BCUT2D eigenvalue weighted by Gasteiger charge is -2.10. The molecular weight excluding hydrogens is 274 g/mol. The van der Waals surface area contributed by atoms with E-state index >= 15 is 0 Å². The molecule has 1 amide bonds. The van der Waals surface area contributed by atoms with E-state index in [-0.39, 0.29) is 5.91 Å². The molecule has 20 heavy (non-hydrogen) atoms.